The highest BCUT2D eigenvalue weighted by atomic mass is 35.5. The van der Waals surface area contributed by atoms with Gasteiger partial charge < -0.3 is 5.32 Å². The Balaban J connectivity index is 2.03. The first-order valence-electron chi connectivity index (χ1n) is 7.76. The Bertz CT molecular complexity index is 841. The minimum atomic E-state index is -1.17. The molecule has 0 aliphatic carbocycles. The van der Waals surface area contributed by atoms with Gasteiger partial charge in [0.15, 0.2) is 5.78 Å². The Hall–Kier alpha value is -2.80. The molecule has 1 aliphatic heterocycles. The van der Waals surface area contributed by atoms with Gasteiger partial charge in [-0.05, 0) is 30.2 Å². The molecule has 1 N–H and O–H groups in total. The normalized spacial score (nSPS) is 15.8. The van der Waals surface area contributed by atoms with Crippen LogP contribution in [0.5, 0.6) is 0 Å². The summed E-state index contributed by atoms with van der Waals surface area (Å²) in [5.41, 5.74) is 0.799. The monoisotopic (exact) mass is 358 g/mol. The summed E-state index contributed by atoms with van der Waals surface area (Å²) >= 11 is 6.03. The van der Waals surface area contributed by atoms with Gasteiger partial charge in [0, 0.05) is 24.0 Å². The molecule has 0 saturated carbocycles. The van der Waals surface area contributed by atoms with Crippen LogP contribution in [-0.2, 0) is 4.79 Å². The number of ketones is 1. The number of rotatable bonds is 4. The lowest BCUT2D eigenvalue weighted by Gasteiger charge is -2.16. The molecule has 3 amide bonds. The SMILES string of the molecule is CCCNC(=O)N1C(=O)C(C(=O)c2cnccn2)c2cc(Cl)ccc21. The lowest BCUT2D eigenvalue weighted by molar-refractivity contribution is -0.117. The van der Waals surface area contributed by atoms with Crippen LogP contribution in [0.2, 0.25) is 5.02 Å². The number of urea groups is 1. The first-order valence-corrected chi connectivity index (χ1v) is 8.14. The average Bonchev–Trinajstić information content (AvgIpc) is 2.91. The first kappa shape index (κ1) is 17.0. The van der Waals surface area contributed by atoms with Crippen LogP contribution < -0.4 is 10.2 Å². The molecule has 1 aromatic carbocycles. The molecule has 1 unspecified atom stereocenters. The average molecular weight is 359 g/mol. The van der Waals surface area contributed by atoms with Gasteiger partial charge in [-0.25, -0.2) is 14.7 Å². The molecule has 1 aliphatic rings. The van der Waals surface area contributed by atoms with Gasteiger partial charge in [0.25, 0.3) is 5.91 Å². The lowest BCUT2D eigenvalue weighted by atomic mass is 9.94. The molecule has 25 heavy (non-hydrogen) atoms. The van der Waals surface area contributed by atoms with Crippen molar-refractivity contribution in [3.8, 4) is 0 Å². The van der Waals surface area contributed by atoms with Crippen LogP contribution in [0.15, 0.2) is 36.8 Å². The van der Waals surface area contributed by atoms with E-state index in [2.05, 4.69) is 15.3 Å². The van der Waals surface area contributed by atoms with Crippen molar-refractivity contribution in [1.29, 1.82) is 0 Å². The number of carbonyl (C=O) groups excluding carboxylic acids is 3. The van der Waals surface area contributed by atoms with E-state index >= 15 is 0 Å². The molecular weight excluding hydrogens is 344 g/mol. The van der Waals surface area contributed by atoms with Gasteiger partial charge in [0.05, 0.1) is 11.9 Å². The number of carbonyl (C=O) groups is 3. The summed E-state index contributed by atoms with van der Waals surface area (Å²) in [4.78, 5) is 46.8. The second-order valence-corrected chi connectivity index (χ2v) is 5.93. The summed E-state index contributed by atoms with van der Waals surface area (Å²) in [6.07, 6.45) is 4.82. The van der Waals surface area contributed by atoms with Gasteiger partial charge in [0.1, 0.15) is 11.6 Å². The molecule has 0 bridgehead atoms. The maximum absolute atomic E-state index is 12.8. The highest BCUT2D eigenvalue weighted by molar-refractivity contribution is 6.33. The maximum Gasteiger partial charge on any atom is 0.328 e. The van der Waals surface area contributed by atoms with Crippen LogP contribution in [0.3, 0.4) is 0 Å². The van der Waals surface area contributed by atoms with Gasteiger partial charge in [-0.15, -0.1) is 0 Å². The Kier molecular flexibility index (Phi) is 4.76. The van der Waals surface area contributed by atoms with Crippen LogP contribution >= 0.6 is 11.6 Å². The van der Waals surface area contributed by atoms with Crippen molar-refractivity contribution in [1.82, 2.24) is 15.3 Å². The Morgan fingerprint density at radius 2 is 2.12 bits per heavy atom. The predicted octanol–water partition coefficient (Wildman–Crippen LogP) is 2.56. The fourth-order valence-corrected chi connectivity index (χ4v) is 2.87. The van der Waals surface area contributed by atoms with Crippen LogP contribution in [0, 0.1) is 0 Å². The third-order valence-corrected chi connectivity index (χ3v) is 4.05. The minimum Gasteiger partial charge on any atom is -0.337 e. The van der Waals surface area contributed by atoms with E-state index in [1.54, 1.807) is 12.1 Å². The fourth-order valence-electron chi connectivity index (χ4n) is 2.69. The smallest absolute Gasteiger partial charge is 0.328 e. The molecule has 0 fully saturated rings. The molecule has 2 aromatic rings. The number of halogens is 1. The Morgan fingerprint density at radius 1 is 1.32 bits per heavy atom. The van der Waals surface area contributed by atoms with Crippen molar-refractivity contribution in [2.24, 2.45) is 0 Å². The standard InChI is InChI=1S/C17H15ClN4O3/c1-2-5-21-17(25)22-13-4-3-10(18)8-11(13)14(16(22)24)15(23)12-9-19-6-7-20-12/h3-4,6-9,14H,2,5H2,1H3,(H,21,25). The Morgan fingerprint density at radius 3 is 2.80 bits per heavy atom. The zero-order valence-corrected chi connectivity index (χ0v) is 14.2. The first-order chi connectivity index (χ1) is 12.0. The van der Waals surface area contributed by atoms with E-state index in [1.165, 1.54) is 24.7 Å². The quantitative estimate of drug-likeness (QED) is 0.669. The number of hydrogen-bond acceptors (Lipinski definition) is 5. The largest absolute Gasteiger partial charge is 0.337 e. The lowest BCUT2D eigenvalue weighted by Crippen LogP contribution is -2.43. The van der Waals surface area contributed by atoms with Crippen LogP contribution in [0.1, 0.15) is 35.3 Å². The topological polar surface area (TPSA) is 92.3 Å². The summed E-state index contributed by atoms with van der Waals surface area (Å²) in [6, 6.07) is 4.10. The number of nitrogens with zero attached hydrogens (tertiary/aromatic N) is 3. The number of benzene rings is 1. The van der Waals surface area contributed by atoms with Gasteiger partial charge in [-0.1, -0.05) is 18.5 Å². The molecule has 128 valence electrons. The molecule has 0 saturated heterocycles. The molecule has 0 radical (unpaired) electrons. The fraction of sp³-hybridized carbons (Fsp3) is 0.235. The zero-order chi connectivity index (χ0) is 18.0. The van der Waals surface area contributed by atoms with E-state index in [0.29, 0.717) is 22.8 Å². The number of aromatic nitrogens is 2. The van der Waals surface area contributed by atoms with Crippen LogP contribution in [0.4, 0.5) is 10.5 Å². The third kappa shape index (κ3) is 3.10. The minimum absolute atomic E-state index is 0.0580. The van der Waals surface area contributed by atoms with E-state index < -0.39 is 23.6 Å². The summed E-state index contributed by atoms with van der Waals surface area (Å²) < 4.78 is 0. The maximum atomic E-state index is 12.8. The number of amides is 3. The molecular formula is C17H15ClN4O3. The summed E-state index contributed by atoms with van der Waals surface area (Å²) in [5, 5.41) is 3.03. The highest BCUT2D eigenvalue weighted by Crippen LogP contribution is 2.40. The van der Waals surface area contributed by atoms with E-state index in [9.17, 15) is 14.4 Å². The third-order valence-electron chi connectivity index (χ3n) is 3.82. The van der Waals surface area contributed by atoms with Gasteiger partial charge in [-0.3, -0.25) is 14.6 Å². The second-order valence-electron chi connectivity index (χ2n) is 5.50. The molecule has 1 aromatic heterocycles. The molecule has 3 rings (SSSR count). The van der Waals surface area contributed by atoms with Crippen molar-refractivity contribution in [3.05, 3.63) is 53.1 Å². The van der Waals surface area contributed by atoms with Crippen molar-refractivity contribution < 1.29 is 14.4 Å². The predicted molar refractivity (Wildman–Crippen MR) is 91.7 cm³/mol. The Labute approximate surface area is 149 Å². The van der Waals surface area contributed by atoms with E-state index in [0.717, 1.165) is 11.3 Å². The number of imide groups is 1. The van der Waals surface area contributed by atoms with Crippen molar-refractivity contribution >= 4 is 35.0 Å². The van der Waals surface area contributed by atoms with Crippen molar-refractivity contribution in [2.75, 3.05) is 11.4 Å². The number of anilines is 1. The molecule has 8 heteroatoms. The number of nitrogens with one attached hydrogen (secondary N) is 1. The van der Waals surface area contributed by atoms with Crippen LogP contribution in [0.25, 0.3) is 0 Å². The van der Waals surface area contributed by atoms with E-state index in [1.807, 2.05) is 6.92 Å². The van der Waals surface area contributed by atoms with E-state index in [4.69, 9.17) is 11.6 Å². The number of hydrogen-bond donors (Lipinski definition) is 1. The van der Waals surface area contributed by atoms with Crippen molar-refractivity contribution in [3.63, 3.8) is 0 Å². The van der Waals surface area contributed by atoms with E-state index in [-0.39, 0.29) is 5.69 Å². The van der Waals surface area contributed by atoms with Crippen molar-refractivity contribution in [2.45, 2.75) is 19.3 Å². The number of fused-ring (bicyclic) bond motifs is 1. The van der Waals surface area contributed by atoms with Gasteiger partial charge in [-0.2, -0.15) is 0 Å². The van der Waals surface area contributed by atoms with Gasteiger partial charge in [0.2, 0.25) is 0 Å². The molecule has 0 spiro atoms. The molecule has 1 atom stereocenters. The van der Waals surface area contributed by atoms with Gasteiger partial charge >= 0.3 is 6.03 Å². The molecule has 7 nitrogen and oxygen atoms in total. The summed E-state index contributed by atoms with van der Waals surface area (Å²) in [6.45, 7) is 2.33. The number of Topliss-reactive ketones (excluding diaryl/α,β-unsaturated/α-hetero) is 1. The summed E-state index contributed by atoms with van der Waals surface area (Å²) in [7, 11) is 0. The zero-order valence-electron chi connectivity index (χ0n) is 13.4. The summed E-state index contributed by atoms with van der Waals surface area (Å²) in [5.74, 6) is -2.31. The highest BCUT2D eigenvalue weighted by Gasteiger charge is 2.45. The molecule has 2 heterocycles. The second kappa shape index (κ2) is 6.98. The van der Waals surface area contributed by atoms with Crippen LogP contribution in [-0.4, -0.2) is 34.2 Å².